The molecule has 0 spiro atoms. The van der Waals surface area contributed by atoms with Crippen LogP contribution in [0.3, 0.4) is 0 Å². The first-order valence-electron chi connectivity index (χ1n) is 4.49. The fraction of sp³-hybridized carbons (Fsp3) is 0.444. The van der Waals surface area contributed by atoms with Crippen molar-refractivity contribution in [2.45, 2.75) is 13.3 Å². The second-order valence-electron chi connectivity index (χ2n) is 2.93. The van der Waals surface area contributed by atoms with Gasteiger partial charge in [-0.25, -0.2) is 4.98 Å². The van der Waals surface area contributed by atoms with Crippen LogP contribution in [-0.4, -0.2) is 28.5 Å². The number of H-pyrrole nitrogens is 1. The zero-order valence-corrected chi connectivity index (χ0v) is 8.63. The first-order chi connectivity index (χ1) is 7.15. The molecule has 1 rings (SSSR count). The van der Waals surface area contributed by atoms with E-state index in [1.54, 1.807) is 6.92 Å². The van der Waals surface area contributed by atoms with Gasteiger partial charge in [-0.1, -0.05) is 5.92 Å². The van der Waals surface area contributed by atoms with Crippen LogP contribution in [0.1, 0.15) is 17.9 Å². The van der Waals surface area contributed by atoms with Gasteiger partial charge in [0.1, 0.15) is 0 Å². The van der Waals surface area contributed by atoms with Gasteiger partial charge in [-0.15, -0.1) is 0 Å². The van der Waals surface area contributed by atoms with Crippen molar-refractivity contribution >= 4 is 5.82 Å². The van der Waals surface area contributed by atoms with Crippen molar-refractivity contribution in [2.75, 3.05) is 13.6 Å². The minimum Gasteiger partial charge on any atom is -0.358 e. The third kappa shape index (κ3) is 3.07. The lowest BCUT2D eigenvalue weighted by molar-refractivity contribution is -0.389. The molecule has 0 saturated carbocycles. The molecule has 0 fully saturated rings. The number of nitrogens with zero attached hydrogens (tertiary/aromatic N) is 2. The van der Waals surface area contributed by atoms with Gasteiger partial charge in [-0.3, -0.25) is 0 Å². The largest absolute Gasteiger partial charge is 0.358 e. The Kier molecular flexibility index (Phi) is 3.83. The molecule has 0 aromatic carbocycles. The van der Waals surface area contributed by atoms with Gasteiger partial charge in [0, 0.05) is 19.9 Å². The third-order valence-electron chi connectivity index (χ3n) is 1.69. The van der Waals surface area contributed by atoms with Gasteiger partial charge in [-0.2, -0.15) is 4.98 Å². The lowest BCUT2D eigenvalue weighted by Crippen LogP contribution is -2.05. The number of hydrogen-bond acceptors (Lipinski definition) is 4. The number of rotatable bonds is 3. The van der Waals surface area contributed by atoms with Crippen LogP contribution in [0.25, 0.3) is 0 Å². The highest BCUT2D eigenvalue weighted by Gasteiger charge is 2.15. The second kappa shape index (κ2) is 5.12. The molecule has 0 aliphatic carbocycles. The van der Waals surface area contributed by atoms with Crippen LogP contribution in [-0.2, 0) is 0 Å². The van der Waals surface area contributed by atoms with Crippen LogP contribution in [0.15, 0.2) is 0 Å². The normalized spacial score (nSPS) is 9.47. The average Bonchev–Trinajstić information content (AvgIpc) is 2.55. The Hall–Kier alpha value is -1.87. The maximum Gasteiger partial charge on any atom is 0.356 e. The van der Waals surface area contributed by atoms with Crippen molar-refractivity contribution in [3.8, 4) is 11.8 Å². The van der Waals surface area contributed by atoms with E-state index in [-0.39, 0.29) is 11.5 Å². The number of nitro groups is 1. The van der Waals surface area contributed by atoms with Crippen molar-refractivity contribution < 1.29 is 4.92 Å². The molecule has 0 aliphatic heterocycles. The van der Waals surface area contributed by atoms with Gasteiger partial charge in [0.25, 0.3) is 0 Å². The quantitative estimate of drug-likeness (QED) is 0.329. The van der Waals surface area contributed by atoms with Crippen LogP contribution in [0.4, 0.5) is 5.82 Å². The van der Waals surface area contributed by atoms with E-state index >= 15 is 0 Å². The van der Waals surface area contributed by atoms with Crippen LogP contribution < -0.4 is 5.32 Å². The smallest absolute Gasteiger partial charge is 0.356 e. The summed E-state index contributed by atoms with van der Waals surface area (Å²) in [7, 11) is 1.82. The molecule has 15 heavy (non-hydrogen) atoms. The standard InChI is InChI=1S/C9H12N4O2/c1-7-11-8(5-3-4-6-10-2)9(12-7)13(14)15/h10H,4,6H2,1-2H3,(H,11,12). The molecule has 0 atom stereocenters. The molecule has 0 radical (unpaired) electrons. The lowest BCUT2D eigenvalue weighted by atomic mass is 10.3. The maximum absolute atomic E-state index is 10.6. The second-order valence-corrected chi connectivity index (χ2v) is 2.93. The van der Waals surface area contributed by atoms with Crippen LogP contribution in [0.2, 0.25) is 0 Å². The van der Waals surface area contributed by atoms with Gasteiger partial charge in [-0.05, 0) is 17.9 Å². The minimum absolute atomic E-state index is 0.135. The van der Waals surface area contributed by atoms with Crippen molar-refractivity contribution in [1.82, 2.24) is 15.3 Å². The van der Waals surface area contributed by atoms with E-state index in [0.717, 1.165) is 6.54 Å². The number of aryl methyl sites for hydroxylation is 1. The number of aromatic nitrogens is 2. The van der Waals surface area contributed by atoms with Crippen molar-refractivity contribution in [3.05, 3.63) is 21.6 Å². The van der Waals surface area contributed by atoms with Crippen LogP contribution in [0, 0.1) is 28.9 Å². The van der Waals surface area contributed by atoms with E-state index in [4.69, 9.17) is 0 Å². The van der Waals surface area contributed by atoms with Gasteiger partial charge in [0.05, 0.1) is 0 Å². The molecule has 0 bridgehead atoms. The summed E-state index contributed by atoms with van der Waals surface area (Å²) in [6, 6.07) is 0. The van der Waals surface area contributed by atoms with Crippen molar-refractivity contribution in [2.24, 2.45) is 0 Å². The Morgan fingerprint density at radius 3 is 3.00 bits per heavy atom. The topological polar surface area (TPSA) is 83.8 Å². The summed E-state index contributed by atoms with van der Waals surface area (Å²) in [5.74, 6) is 5.85. The van der Waals surface area contributed by atoms with Gasteiger partial charge < -0.3 is 15.4 Å². The highest BCUT2D eigenvalue weighted by Crippen LogP contribution is 2.12. The first-order valence-corrected chi connectivity index (χ1v) is 4.49. The Labute approximate surface area is 87.3 Å². The Morgan fingerprint density at radius 1 is 1.67 bits per heavy atom. The van der Waals surface area contributed by atoms with Gasteiger partial charge in [0.15, 0.2) is 5.82 Å². The molecule has 2 N–H and O–H groups in total. The average molecular weight is 208 g/mol. The molecule has 0 saturated heterocycles. The predicted octanol–water partition coefficient (Wildman–Crippen LogP) is 0.587. The predicted molar refractivity (Wildman–Crippen MR) is 55.4 cm³/mol. The van der Waals surface area contributed by atoms with Gasteiger partial charge in [0.2, 0.25) is 5.69 Å². The first kappa shape index (κ1) is 11.2. The summed E-state index contributed by atoms with van der Waals surface area (Å²) in [5, 5.41) is 13.5. The van der Waals surface area contributed by atoms with E-state index in [0.29, 0.717) is 12.2 Å². The highest BCUT2D eigenvalue weighted by molar-refractivity contribution is 5.41. The number of hydrogen-bond donors (Lipinski definition) is 2. The van der Waals surface area contributed by atoms with Gasteiger partial charge >= 0.3 is 5.82 Å². The molecule has 1 aromatic rings. The summed E-state index contributed by atoms with van der Waals surface area (Å²) in [6.45, 7) is 2.41. The minimum atomic E-state index is -0.512. The SMILES string of the molecule is CNCCC#Cc1nc(C)[nH]c1[N+](=O)[O-]. The fourth-order valence-corrected chi connectivity index (χ4v) is 1.03. The summed E-state index contributed by atoms with van der Waals surface area (Å²) >= 11 is 0. The molecule has 6 nitrogen and oxygen atoms in total. The summed E-state index contributed by atoms with van der Waals surface area (Å²) in [6.07, 6.45) is 0.638. The molecular formula is C9H12N4O2. The molecule has 0 amide bonds. The zero-order chi connectivity index (χ0) is 11.3. The number of nitrogens with one attached hydrogen (secondary N) is 2. The summed E-state index contributed by atoms with van der Waals surface area (Å²) < 4.78 is 0. The van der Waals surface area contributed by atoms with Crippen molar-refractivity contribution in [1.29, 1.82) is 0 Å². The zero-order valence-electron chi connectivity index (χ0n) is 8.63. The van der Waals surface area contributed by atoms with E-state index in [1.165, 1.54) is 0 Å². The molecule has 6 heteroatoms. The maximum atomic E-state index is 10.6. The summed E-state index contributed by atoms with van der Waals surface area (Å²) in [4.78, 5) is 16.6. The third-order valence-corrected chi connectivity index (χ3v) is 1.69. The fourth-order valence-electron chi connectivity index (χ4n) is 1.03. The van der Waals surface area contributed by atoms with E-state index in [9.17, 15) is 10.1 Å². The Balaban J connectivity index is 2.82. The molecular weight excluding hydrogens is 196 g/mol. The van der Waals surface area contributed by atoms with Crippen LogP contribution in [0.5, 0.6) is 0 Å². The molecule has 0 aliphatic rings. The van der Waals surface area contributed by atoms with Crippen molar-refractivity contribution in [3.63, 3.8) is 0 Å². The Bertz CT molecular complexity index is 413. The molecule has 0 unspecified atom stereocenters. The highest BCUT2D eigenvalue weighted by atomic mass is 16.6. The monoisotopic (exact) mass is 208 g/mol. The number of imidazole rings is 1. The van der Waals surface area contributed by atoms with E-state index in [1.807, 2.05) is 7.05 Å². The Morgan fingerprint density at radius 2 is 2.40 bits per heavy atom. The summed E-state index contributed by atoms with van der Waals surface area (Å²) in [5.41, 5.74) is 0.202. The van der Waals surface area contributed by atoms with E-state index in [2.05, 4.69) is 27.1 Å². The molecule has 80 valence electrons. The molecule has 1 aromatic heterocycles. The molecule has 1 heterocycles. The number of aromatic amines is 1. The van der Waals surface area contributed by atoms with E-state index < -0.39 is 4.92 Å². The lowest BCUT2D eigenvalue weighted by Gasteiger charge is -1.89. The van der Waals surface area contributed by atoms with Crippen LogP contribution >= 0.6 is 0 Å².